The minimum Gasteiger partial charge on any atom is -0.336 e. The minimum atomic E-state index is -0.477. The number of anilines is 1. The van der Waals surface area contributed by atoms with Crippen LogP contribution in [0.25, 0.3) is 0 Å². The molecule has 0 aliphatic carbocycles. The fourth-order valence-electron chi connectivity index (χ4n) is 2.78. The Hall–Kier alpha value is -2.73. The molecule has 1 aliphatic heterocycles. The van der Waals surface area contributed by atoms with Crippen LogP contribution in [0.3, 0.4) is 0 Å². The highest BCUT2D eigenvalue weighted by Gasteiger charge is 2.23. The molecule has 0 atom stereocenters. The first-order chi connectivity index (χ1) is 12.0. The van der Waals surface area contributed by atoms with Crippen molar-refractivity contribution in [1.29, 1.82) is 0 Å². The summed E-state index contributed by atoms with van der Waals surface area (Å²) in [5.74, 6) is -1.03. The smallest absolute Gasteiger partial charge is 0.256 e. The summed E-state index contributed by atoms with van der Waals surface area (Å²) in [7, 11) is 2.02. The molecule has 2 aromatic carbocycles. The molecular weight excluding hydrogens is 321 g/mol. The van der Waals surface area contributed by atoms with Gasteiger partial charge in [-0.15, -0.1) is 0 Å². The third-order valence-corrected chi connectivity index (χ3v) is 4.28. The van der Waals surface area contributed by atoms with E-state index in [1.54, 1.807) is 29.2 Å². The van der Waals surface area contributed by atoms with Crippen LogP contribution in [-0.2, 0) is 0 Å². The number of hydrogen-bond acceptors (Lipinski definition) is 3. The van der Waals surface area contributed by atoms with Crippen molar-refractivity contribution < 1.29 is 14.0 Å². The predicted octanol–water partition coefficient (Wildman–Crippen LogP) is 2.47. The van der Waals surface area contributed by atoms with Gasteiger partial charge in [-0.2, -0.15) is 0 Å². The number of nitrogens with one attached hydrogen (secondary N) is 1. The van der Waals surface area contributed by atoms with E-state index in [9.17, 15) is 14.0 Å². The number of halogens is 1. The Morgan fingerprint density at radius 1 is 1.00 bits per heavy atom. The van der Waals surface area contributed by atoms with E-state index in [1.165, 1.54) is 24.3 Å². The molecule has 2 aromatic rings. The Labute approximate surface area is 146 Å². The normalized spacial score (nSPS) is 15.0. The monoisotopic (exact) mass is 341 g/mol. The number of rotatable bonds is 3. The van der Waals surface area contributed by atoms with Crippen LogP contribution in [0.4, 0.5) is 10.1 Å². The van der Waals surface area contributed by atoms with Gasteiger partial charge < -0.3 is 15.1 Å². The van der Waals surface area contributed by atoms with Gasteiger partial charge in [0, 0.05) is 31.7 Å². The highest BCUT2D eigenvalue weighted by molar-refractivity contribution is 6.09. The molecule has 1 aliphatic rings. The van der Waals surface area contributed by atoms with Gasteiger partial charge in [-0.05, 0) is 37.4 Å². The number of carbonyl (C=O) groups excluding carboxylic acids is 2. The fourth-order valence-corrected chi connectivity index (χ4v) is 2.78. The molecule has 1 saturated heterocycles. The van der Waals surface area contributed by atoms with E-state index in [0.717, 1.165) is 13.1 Å². The third kappa shape index (κ3) is 4.03. The number of para-hydroxylation sites is 1. The topological polar surface area (TPSA) is 52.6 Å². The van der Waals surface area contributed by atoms with Crippen LogP contribution in [0.2, 0.25) is 0 Å². The summed E-state index contributed by atoms with van der Waals surface area (Å²) in [6.07, 6.45) is 0. The van der Waals surface area contributed by atoms with E-state index in [1.807, 2.05) is 7.05 Å². The zero-order valence-electron chi connectivity index (χ0n) is 14.0. The van der Waals surface area contributed by atoms with Gasteiger partial charge in [0.05, 0.1) is 11.3 Å². The highest BCUT2D eigenvalue weighted by Crippen LogP contribution is 2.19. The van der Waals surface area contributed by atoms with Gasteiger partial charge in [0.15, 0.2) is 0 Å². The van der Waals surface area contributed by atoms with Crippen LogP contribution in [-0.4, -0.2) is 54.8 Å². The van der Waals surface area contributed by atoms with E-state index >= 15 is 0 Å². The maximum Gasteiger partial charge on any atom is 0.256 e. The SMILES string of the molecule is CN1CCN(C(=O)c2ccccc2NC(=O)c2cccc(F)c2)CC1. The first kappa shape index (κ1) is 17.1. The molecule has 25 heavy (non-hydrogen) atoms. The summed E-state index contributed by atoms with van der Waals surface area (Å²) in [4.78, 5) is 29.1. The van der Waals surface area contributed by atoms with E-state index in [4.69, 9.17) is 0 Å². The number of likely N-dealkylation sites (N-methyl/N-ethyl adjacent to an activating group) is 1. The molecule has 2 amide bonds. The van der Waals surface area contributed by atoms with Gasteiger partial charge in [-0.1, -0.05) is 18.2 Å². The molecule has 0 radical (unpaired) electrons. The molecule has 1 N–H and O–H groups in total. The number of hydrogen-bond donors (Lipinski definition) is 1. The number of carbonyl (C=O) groups is 2. The van der Waals surface area contributed by atoms with Crippen molar-refractivity contribution >= 4 is 17.5 Å². The minimum absolute atomic E-state index is 0.108. The van der Waals surface area contributed by atoms with Crippen LogP contribution < -0.4 is 5.32 Å². The molecule has 1 fully saturated rings. The third-order valence-electron chi connectivity index (χ3n) is 4.28. The van der Waals surface area contributed by atoms with Crippen molar-refractivity contribution in [3.05, 3.63) is 65.5 Å². The number of nitrogens with zero attached hydrogens (tertiary/aromatic N) is 2. The summed E-state index contributed by atoms with van der Waals surface area (Å²) in [5, 5.41) is 2.72. The molecule has 0 spiro atoms. The van der Waals surface area contributed by atoms with E-state index < -0.39 is 11.7 Å². The predicted molar refractivity (Wildman–Crippen MR) is 94.2 cm³/mol. The lowest BCUT2D eigenvalue weighted by Gasteiger charge is -2.32. The molecule has 1 heterocycles. The highest BCUT2D eigenvalue weighted by atomic mass is 19.1. The summed E-state index contributed by atoms with van der Waals surface area (Å²) in [5.41, 5.74) is 1.08. The van der Waals surface area contributed by atoms with Gasteiger partial charge in [0.1, 0.15) is 5.82 Å². The number of amides is 2. The van der Waals surface area contributed by atoms with Crippen molar-refractivity contribution in [3.8, 4) is 0 Å². The molecule has 0 unspecified atom stereocenters. The zero-order valence-corrected chi connectivity index (χ0v) is 14.0. The number of benzene rings is 2. The van der Waals surface area contributed by atoms with E-state index in [2.05, 4.69) is 10.2 Å². The fraction of sp³-hybridized carbons (Fsp3) is 0.263. The lowest BCUT2D eigenvalue weighted by molar-refractivity contribution is 0.0665. The Morgan fingerprint density at radius 3 is 2.44 bits per heavy atom. The van der Waals surface area contributed by atoms with Gasteiger partial charge in [0.2, 0.25) is 0 Å². The Bertz CT molecular complexity index is 786. The van der Waals surface area contributed by atoms with Crippen molar-refractivity contribution in [2.75, 3.05) is 38.5 Å². The van der Waals surface area contributed by atoms with Gasteiger partial charge in [-0.3, -0.25) is 9.59 Å². The second-order valence-corrected chi connectivity index (χ2v) is 6.11. The van der Waals surface area contributed by atoms with Gasteiger partial charge in [-0.25, -0.2) is 4.39 Å². The molecular formula is C19H20FN3O2. The second kappa shape index (κ2) is 7.44. The molecule has 0 saturated carbocycles. The molecule has 6 heteroatoms. The Balaban J connectivity index is 1.79. The second-order valence-electron chi connectivity index (χ2n) is 6.11. The summed E-state index contributed by atoms with van der Waals surface area (Å²) < 4.78 is 13.3. The van der Waals surface area contributed by atoms with Crippen LogP contribution in [0.1, 0.15) is 20.7 Å². The average molecular weight is 341 g/mol. The molecule has 3 rings (SSSR count). The number of piperazine rings is 1. The van der Waals surface area contributed by atoms with Crippen molar-refractivity contribution in [1.82, 2.24) is 9.80 Å². The quantitative estimate of drug-likeness (QED) is 0.933. The summed E-state index contributed by atoms with van der Waals surface area (Å²) in [6.45, 7) is 2.95. The lowest BCUT2D eigenvalue weighted by atomic mass is 10.1. The zero-order chi connectivity index (χ0) is 17.8. The van der Waals surface area contributed by atoms with Crippen molar-refractivity contribution in [3.63, 3.8) is 0 Å². The van der Waals surface area contributed by atoms with Crippen LogP contribution in [0.5, 0.6) is 0 Å². The van der Waals surface area contributed by atoms with Crippen LogP contribution in [0.15, 0.2) is 48.5 Å². The Morgan fingerprint density at radius 2 is 1.72 bits per heavy atom. The summed E-state index contributed by atoms with van der Waals surface area (Å²) >= 11 is 0. The molecule has 5 nitrogen and oxygen atoms in total. The maximum atomic E-state index is 13.3. The van der Waals surface area contributed by atoms with Gasteiger partial charge in [0.25, 0.3) is 11.8 Å². The van der Waals surface area contributed by atoms with Crippen LogP contribution >= 0.6 is 0 Å². The molecule has 130 valence electrons. The van der Waals surface area contributed by atoms with Crippen molar-refractivity contribution in [2.24, 2.45) is 0 Å². The Kier molecular flexibility index (Phi) is 5.09. The maximum absolute atomic E-state index is 13.3. The molecule has 0 aromatic heterocycles. The first-order valence-electron chi connectivity index (χ1n) is 8.18. The largest absolute Gasteiger partial charge is 0.336 e. The van der Waals surface area contributed by atoms with E-state index in [-0.39, 0.29) is 11.5 Å². The molecule has 0 bridgehead atoms. The summed E-state index contributed by atoms with van der Waals surface area (Å²) in [6, 6.07) is 12.3. The van der Waals surface area contributed by atoms with Crippen LogP contribution in [0, 0.1) is 5.82 Å². The van der Waals surface area contributed by atoms with Gasteiger partial charge >= 0.3 is 0 Å². The standard InChI is InChI=1S/C19H20FN3O2/c1-22-9-11-23(12-10-22)19(25)16-7-2-3-8-17(16)21-18(24)14-5-4-6-15(20)13-14/h2-8,13H,9-12H2,1H3,(H,21,24). The van der Waals surface area contributed by atoms with Crippen molar-refractivity contribution in [2.45, 2.75) is 0 Å². The van der Waals surface area contributed by atoms with E-state index in [0.29, 0.717) is 24.3 Å². The average Bonchev–Trinajstić information content (AvgIpc) is 2.62. The lowest BCUT2D eigenvalue weighted by Crippen LogP contribution is -2.47. The first-order valence-corrected chi connectivity index (χ1v) is 8.18.